The molecule has 0 atom stereocenters. The van der Waals surface area contributed by atoms with Crippen molar-refractivity contribution >= 4 is 34.2 Å². The number of para-hydroxylation sites is 1. The molecule has 1 amide bonds. The van der Waals surface area contributed by atoms with Crippen LogP contribution in [0.15, 0.2) is 59.8 Å². The van der Waals surface area contributed by atoms with Gasteiger partial charge in [-0.2, -0.15) is 5.10 Å². The minimum Gasteiger partial charge on any atom is -0.454 e. The second kappa shape index (κ2) is 7.20. The van der Waals surface area contributed by atoms with E-state index < -0.39 is 5.91 Å². The highest BCUT2D eigenvalue weighted by Gasteiger charge is 2.18. The van der Waals surface area contributed by atoms with Gasteiger partial charge in [-0.25, -0.2) is 9.67 Å². The number of amides is 1. The van der Waals surface area contributed by atoms with Crippen LogP contribution in [0.3, 0.4) is 0 Å². The van der Waals surface area contributed by atoms with E-state index in [1.54, 1.807) is 16.8 Å². The molecule has 5 rings (SSSR count). The number of carbonyl (C=O) groups is 1. The highest BCUT2D eigenvalue weighted by molar-refractivity contribution is 6.34. The van der Waals surface area contributed by atoms with Crippen molar-refractivity contribution in [3.8, 4) is 17.2 Å². The molecule has 3 heterocycles. The van der Waals surface area contributed by atoms with Crippen molar-refractivity contribution in [1.29, 1.82) is 0 Å². The molecule has 150 valence electrons. The van der Waals surface area contributed by atoms with Crippen molar-refractivity contribution in [3.05, 3.63) is 70.4 Å². The van der Waals surface area contributed by atoms with Crippen LogP contribution in [-0.4, -0.2) is 32.0 Å². The van der Waals surface area contributed by atoms with Crippen LogP contribution in [0.1, 0.15) is 0 Å². The minimum atomic E-state index is -0.436. The zero-order chi connectivity index (χ0) is 20.7. The Bertz CT molecular complexity index is 1330. The number of nitrogens with one attached hydrogen (secondary N) is 1. The lowest BCUT2D eigenvalue weighted by molar-refractivity contribution is -0.116. The summed E-state index contributed by atoms with van der Waals surface area (Å²) in [5.41, 5.74) is 1.20. The fraction of sp³-hybridized carbons (Fsp3) is 0.100. The van der Waals surface area contributed by atoms with Gasteiger partial charge in [0.15, 0.2) is 17.1 Å². The van der Waals surface area contributed by atoms with Crippen molar-refractivity contribution in [1.82, 2.24) is 19.3 Å². The monoisotopic (exact) mass is 423 g/mol. The number of hydrogen-bond donors (Lipinski definition) is 1. The van der Waals surface area contributed by atoms with Crippen molar-refractivity contribution < 1.29 is 14.3 Å². The third-order valence-corrected chi connectivity index (χ3v) is 4.92. The molecule has 0 bridgehead atoms. The fourth-order valence-corrected chi connectivity index (χ4v) is 3.38. The number of carbonyl (C=O) groups excluding carboxylic acids is 1. The van der Waals surface area contributed by atoms with Crippen LogP contribution in [-0.2, 0) is 11.3 Å². The SMILES string of the molecule is O=C(Cn1cnc2c(cnn2-c2ccccc2)c1=O)Nc1cc2c(cc1Cl)OCO2. The molecule has 9 nitrogen and oxygen atoms in total. The Hall–Kier alpha value is -3.85. The van der Waals surface area contributed by atoms with Gasteiger partial charge in [-0.3, -0.25) is 14.2 Å². The first-order valence-corrected chi connectivity index (χ1v) is 9.35. The van der Waals surface area contributed by atoms with E-state index in [-0.39, 0.29) is 18.9 Å². The molecular weight excluding hydrogens is 410 g/mol. The average molecular weight is 424 g/mol. The van der Waals surface area contributed by atoms with Crippen molar-refractivity contribution in [2.75, 3.05) is 12.1 Å². The molecule has 2 aromatic heterocycles. The lowest BCUT2D eigenvalue weighted by Crippen LogP contribution is -2.28. The summed E-state index contributed by atoms with van der Waals surface area (Å²) in [4.78, 5) is 29.6. The summed E-state index contributed by atoms with van der Waals surface area (Å²) in [6, 6.07) is 12.5. The fourth-order valence-electron chi connectivity index (χ4n) is 3.18. The summed E-state index contributed by atoms with van der Waals surface area (Å²) in [6.45, 7) is -0.135. The minimum absolute atomic E-state index is 0.0980. The third kappa shape index (κ3) is 3.15. The topological polar surface area (TPSA) is 100 Å². The molecule has 0 unspecified atom stereocenters. The maximum absolute atomic E-state index is 12.8. The van der Waals surface area contributed by atoms with Crippen LogP contribution >= 0.6 is 11.6 Å². The largest absolute Gasteiger partial charge is 0.454 e. The van der Waals surface area contributed by atoms with Crippen LogP contribution in [0.4, 0.5) is 5.69 Å². The summed E-state index contributed by atoms with van der Waals surface area (Å²) >= 11 is 6.18. The highest BCUT2D eigenvalue weighted by Crippen LogP contribution is 2.39. The van der Waals surface area contributed by atoms with Gasteiger partial charge < -0.3 is 14.8 Å². The number of fused-ring (bicyclic) bond motifs is 2. The van der Waals surface area contributed by atoms with Gasteiger partial charge in [0, 0.05) is 12.1 Å². The van der Waals surface area contributed by atoms with E-state index >= 15 is 0 Å². The van der Waals surface area contributed by atoms with Gasteiger partial charge in [-0.15, -0.1) is 0 Å². The van der Waals surface area contributed by atoms with Crippen LogP contribution in [0.2, 0.25) is 5.02 Å². The maximum atomic E-state index is 12.8. The van der Waals surface area contributed by atoms with E-state index in [0.717, 1.165) is 5.69 Å². The lowest BCUT2D eigenvalue weighted by Gasteiger charge is -2.10. The molecule has 0 fully saturated rings. The molecule has 1 aliphatic rings. The molecule has 1 aliphatic heterocycles. The molecular formula is C20H14ClN5O4. The summed E-state index contributed by atoms with van der Waals surface area (Å²) in [5, 5.41) is 7.55. The van der Waals surface area contributed by atoms with E-state index in [1.165, 1.54) is 17.1 Å². The number of benzene rings is 2. The summed E-state index contributed by atoms with van der Waals surface area (Å²) in [6.07, 6.45) is 2.77. The number of nitrogens with zero attached hydrogens (tertiary/aromatic N) is 4. The van der Waals surface area contributed by atoms with E-state index in [9.17, 15) is 9.59 Å². The van der Waals surface area contributed by atoms with Crippen molar-refractivity contribution in [3.63, 3.8) is 0 Å². The van der Waals surface area contributed by atoms with Crippen LogP contribution in [0.5, 0.6) is 11.5 Å². The van der Waals surface area contributed by atoms with E-state index in [4.69, 9.17) is 21.1 Å². The Morgan fingerprint density at radius 2 is 1.93 bits per heavy atom. The van der Waals surface area contributed by atoms with Gasteiger partial charge in [0.1, 0.15) is 18.3 Å². The molecule has 0 aliphatic carbocycles. The number of anilines is 1. The maximum Gasteiger partial charge on any atom is 0.264 e. The average Bonchev–Trinajstić information content (AvgIpc) is 3.38. The number of ether oxygens (including phenoxy) is 2. The molecule has 0 saturated carbocycles. The van der Waals surface area contributed by atoms with E-state index in [2.05, 4.69) is 15.4 Å². The summed E-state index contributed by atoms with van der Waals surface area (Å²) in [5.74, 6) is 0.567. The molecule has 2 aromatic carbocycles. The van der Waals surface area contributed by atoms with Gasteiger partial charge in [0.25, 0.3) is 5.56 Å². The van der Waals surface area contributed by atoms with Gasteiger partial charge in [0.2, 0.25) is 12.7 Å². The lowest BCUT2D eigenvalue weighted by atomic mass is 10.2. The Kier molecular flexibility index (Phi) is 4.36. The Morgan fingerprint density at radius 3 is 2.73 bits per heavy atom. The predicted molar refractivity (Wildman–Crippen MR) is 109 cm³/mol. The predicted octanol–water partition coefficient (Wildman–Crippen LogP) is 2.60. The first-order chi connectivity index (χ1) is 14.6. The Labute approximate surface area is 174 Å². The summed E-state index contributed by atoms with van der Waals surface area (Å²) < 4.78 is 13.3. The normalized spacial score (nSPS) is 12.3. The quantitative estimate of drug-likeness (QED) is 0.541. The zero-order valence-electron chi connectivity index (χ0n) is 15.4. The second-order valence-electron chi connectivity index (χ2n) is 6.54. The second-order valence-corrected chi connectivity index (χ2v) is 6.95. The summed E-state index contributed by atoms with van der Waals surface area (Å²) in [7, 11) is 0. The first-order valence-electron chi connectivity index (χ1n) is 8.98. The van der Waals surface area contributed by atoms with E-state index in [1.807, 2.05) is 30.3 Å². The van der Waals surface area contributed by atoms with E-state index in [0.29, 0.717) is 33.2 Å². The van der Waals surface area contributed by atoms with Crippen molar-refractivity contribution in [2.24, 2.45) is 0 Å². The number of halogens is 1. The zero-order valence-corrected chi connectivity index (χ0v) is 16.2. The van der Waals surface area contributed by atoms with Crippen LogP contribution < -0.4 is 20.3 Å². The standard InChI is InChI=1S/C20H14ClN5O4/c21-14-6-16-17(30-11-29-16)7-15(14)24-18(27)9-25-10-22-19-13(20(25)28)8-23-26(19)12-4-2-1-3-5-12/h1-8,10H,9,11H2,(H,24,27). The first kappa shape index (κ1) is 18.2. The van der Waals surface area contributed by atoms with Crippen LogP contribution in [0, 0.1) is 0 Å². The Balaban J connectivity index is 1.40. The van der Waals surface area contributed by atoms with Gasteiger partial charge in [0.05, 0.1) is 22.6 Å². The number of aromatic nitrogens is 4. The van der Waals surface area contributed by atoms with Crippen molar-refractivity contribution in [2.45, 2.75) is 6.54 Å². The smallest absolute Gasteiger partial charge is 0.264 e. The highest BCUT2D eigenvalue weighted by atomic mass is 35.5. The molecule has 1 N–H and O–H groups in total. The van der Waals surface area contributed by atoms with Gasteiger partial charge >= 0.3 is 0 Å². The van der Waals surface area contributed by atoms with Crippen LogP contribution in [0.25, 0.3) is 16.7 Å². The molecule has 4 aromatic rings. The third-order valence-electron chi connectivity index (χ3n) is 4.61. The molecule has 10 heteroatoms. The molecule has 0 radical (unpaired) electrons. The number of rotatable bonds is 4. The molecule has 30 heavy (non-hydrogen) atoms. The molecule has 0 saturated heterocycles. The number of hydrogen-bond acceptors (Lipinski definition) is 6. The van der Waals surface area contributed by atoms with Gasteiger partial charge in [-0.05, 0) is 12.1 Å². The molecule has 0 spiro atoms. The van der Waals surface area contributed by atoms with Gasteiger partial charge in [-0.1, -0.05) is 29.8 Å². The Morgan fingerprint density at radius 1 is 1.17 bits per heavy atom.